The molecule has 3 heterocycles. The van der Waals surface area contributed by atoms with E-state index in [1.54, 1.807) is 10.8 Å². The second-order valence-electron chi connectivity index (χ2n) is 6.67. The van der Waals surface area contributed by atoms with E-state index in [0.29, 0.717) is 0 Å². The monoisotopic (exact) mass is 331 g/mol. The molecule has 1 aliphatic heterocycles. The Morgan fingerprint density at radius 2 is 2.04 bits per heavy atom. The zero-order valence-corrected chi connectivity index (χ0v) is 14.9. The van der Waals surface area contributed by atoms with Crippen molar-refractivity contribution >= 4 is 17.3 Å². The third-order valence-corrected chi connectivity index (χ3v) is 5.28. The van der Waals surface area contributed by atoms with E-state index >= 15 is 0 Å². The van der Waals surface area contributed by atoms with Crippen molar-refractivity contribution in [1.29, 1.82) is 0 Å². The van der Waals surface area contributed by atoms with Gasteiger partial charge in [-0.05, 0) is 38.7 Å². The van der Waals surface area contributed by atoms with Gasteiger partial charge in [-0.2, -0.15) is 9.61 Å². The Labute approximate surface area is 142 Å². The number of hydrogen-bond acceptors (Lipinski definition) is 6. The van der Waals surface area contributed by atoms with Gasteiger partial charge in [-0.15, -0.1) is 10.2 Å². The Bertz CT molecular complexity index is 747. The summed E-state index contributed by atoms with van der Waals surface area (Å²) in [5.74, 6) is -0.0701. The number of aryl methyl sites for hydroxylation is 1. The second kappa shape index (κ2) is 6.37. The molecule has 24 heavy (non-hydrogen) atoms. The third-order valence-electron chi connectivity index (χ3n) is 5.28. The zero-order chi connectivity index (χ0) is 17.3. The SMILES string of the molecule is CCCC1(C(=O)OC)CCN(c2c(C)c(C)nn3cnnc23)CC1. The number of anilines is 1. The van der Waals surface area contributed by atoms with E-state index in [-0.39, 0.29) is 11.4 Å². The van der Waals surface area contributed by atoms with Gasteiger partial charge >= 0.3 is 5.97 Å². The number of methoxy groups -OCH3 is 1. The van der Waals surface area contributed by atoms with Crippen LogP contribution in [0.1, 0.15) is 43.9 Å². The molecule has 7 heteroatoms. The maximum atomic E-state index is 12.3. The molecular formula is C17H25N5O2. The van der Waals surface area contributed by atoms with E-state index in [1.165, 1.54) is 7.11 Å². The fourth-order valence-corrected chi connectivity index (χ4v) is 3.82. The number of nitrogens with zero attached hydrogens (tertiary/aromatic N) is 5. The first-order valence-corrected chi connectivity index (χ1v) is 8.53. The highest BCUT2D eigenvalue weighted by molar-refractivity contribution is 5.78. The quantitative estimate of drug-likeness (QED) is 0.801. The fraction of sp³-hybridized carbons (Fsp3) is 0.647. The van der Waals surface area contributed by atoms with Crippen molar-refractivity contribution in [2.75, 3.05) is 25.1 Å². The maximum absolute atomic E-state index is 12.3. The van der Waals surface area contributed by atoms with E-state index < -0.39 is 0 Å². The molecule has 0 unspecified atom stereocenters. The van der Waals surface area contributed by atoms with Gasteiger partial charge in [0.25, 0.3) is 0 Å². The first-order valence-electron chi connectivity index (χ1n) is 8.53. The van der Waals surface area contributed by atoms with Crippen molar-refractivity contribution in [2.24, 2.45) is 5.41 Å². The Morgan fingerprint density at radius 3 is 2.67 bits per heavy atom. The lowest BCUT2D eigenvalue weighted by Crippen LogP contribution is -2.45. The van der Waals surface area contributed by atoms with E-state index in [0.717, 1.165) is 61.4 Å². The molecule has 0 amide bonds. The van der Waals surface area contributed by atoms with Crippen LogP contribution in [0.15, 0.2) is 6.33 Å². The molecule has 2 aromatic rings. The predicted octanol–water partition coefficient (Wildman–Crippen LogP) is 2.30. The number of ether oxygens (including phenoxy) is 1. The van der Waals surface area contributed by atoms with Crippen molar-refractivity contribution in [3.05, 3.63) is 17.6 Å². The molecule has 0 saturated carbocycles. The van der Waals surface area contributed by atoms with Crippen LogP contribution in [0.3, 0.4) is 0 Å². The van der Waals surface area contributed by atoms with Crippen molar-refractivity contribution in [1.82, 2.24) is 19.8 Å². The molecule has 1 fully saturated rings. The van der Waals surface area contributed by atoms with Crippen LogP contribution in [0, 0.1) is 19.3 Å². The lowest BCUT2D eigenvalue weighted by atomic mass is 9.75. The molecule has 1 aliphatic rings. The average Bonchev–Trinajstić information content (AvgIpc) is 3.04. The molecule has 0 atom stereocenters. The molecule has 0 bridgehead atoms. The number of piperidine rings is 1. The molecule has 130 valence electrons. The molecule has 0 aromatic carbocycles. The van der Waals surface area contributed by atoms with Crippen LogP contribution < -0.4 is 4.90 Å². The van der Waals surface area contributed by atoms with Crippen molar-refractivity contribution in [3.8, 4) is 0 Å². The van der Waals surface area contributed by atoms with Crippen LogP contribution in [0.2, 0.25) is 0 Å². The number of fused-ring (bicyclic) bond motifs is 1. The summed E-state index contributed by atoms with van der Waals surface area (Å²) in [6.07, 6.45) is 5.09. The van der Waals surface area contributed by atoms with Gasteiger partial charge in [0.1, 0.15) is 6.33 Å². The highest BCUT2D eigenvalue weighted by atomic mass is 16.5. The van der Waals surface area contributed by atoms with Crippen molar-refractivity contribution in [3.63, 3.8) is 0 Å². The topological polar surface area (TPSA) is 72.6 Å². The first-order chi connectivity index (χ1) is 11.5. The van der Waals surface area contributed by atoms with Crippen LogP contribution in [0.4, 0.5) is 5.69 Å². The average molecular weight is 331 g/mol. The van der Waals surface area contributed by atoms with E-state index in [9.17, 15) is 4.79 Å². The molecule has 0 spiro atoms. The Kier molecular flexibility index (Phi) is 4.43. The molecule has 2 aromatic heterocycles. The minimum absolute atomic E-state index is 0.0701. The number of aromatic nitrogens is 4. The maximum Gasteiger partial charge on any atom is 0.311 e. The van der Waals surface area contributed by atoms with Crippen molar-refractivity contribution < 1.29 is 9.53 Å². The van der Waals surface area contributed by atoms with E-state index in [1.807, 2.05) is 6.92 Å². The van der Waals surface area contributed by atoms with Gasteiger partial charge in [0.15, 0.2) is 0 Å². The molecule has 1 saturated heterocycles. The number of carbonyl (C=O) groups is 1. The van der Waals surface area contributed by atoms with Gasteiger partial charge in [0.05, 0.1) is 23.9 Å². The molecular weight excluding hydrogens is 306 g/mol. The lowest BCUT2D eigenvalue weighted by Gasteiger charge is -2.41. The summed E-state index contributed by atoms with van der Waals surface area (Å²) in [6.45, 7) is 7.80. The lowest BCUT2D eigenvalue weighted by molar-refractivity contribution is -0.154. The van der Waals surface area contributed by atoms with Crippen LogP contribution in [-0.4, -0.2) is 46.0 Å². The van der Waals surface area contributed by atoms with E-state index in [2.05, 4.69) is 34.0 Å². The summed E-state index contributed by atoms with van der Waals surface area (Å²) < 4.78 is 6.82. The molecule has 0 radical (unpaired) electrons. The van der Waals surface area contributed by atoms with Crippen LogP contribution in [0.25, 0.3) is 5.65 Å². The van der Waals surface area contributed by atoms with E-state index in [4.69, 9.17) is 4.74 Å². The minimum Gasteiger partial charge on any atom is -0.469 e. The summed E-state index contributed by atoms with van der Waals surface area (Å²) in [5.41, 5.74) is 3.60. The smallest absolute Gasteiger partial charge is 0.311 e. The van der Waals surface area contributed by atoms with Gasteiger partial charge in [-0.3, -0.25) is 4.79 Å². The van der Waals surface area contributed by atoms with Crippen LogP contribution >= 0.6 is 0 Å². The van der Waals surface area contributed by atoms with Crippen molar-refractivity contribution in [2.45, 2.75) is 46.5 Å². The Morgan fingerprint density at radius 1 is 1.33 bits per heavy atom. The highest BCUT2D eigenvalue weighted by Crippen LogP contribution is 2.40. The van der Waals surface area contributed by atoms with Gasteiger partial charge in [-0.25, -0.2) is 0 Å². The van der Waals surface area contributed by atoms with Gasteiger partial charge in [-0.1, -0.05) is 13.3 Å². The van der Waals surface area contributed by atoms with Gasteiger partial charge in [0, 0.05) is 13.1 Å². The molecule has 3 rings (SSSR count). The summed E-state index contributed by atoms with van der Waals surface area (Å²) in [4.78, 5) is 14.6. The Hall–Kier alpha value is -2.18. The number of esters is 1. The van der Waals surface area contributed by atoms with Gasteiger partial charge in [0.2, 0.25) is 5.65 Å². The molecule has 0 aliphatic carbocycles. The standard InChI is InChI=1S/C17H25N5O2/c1-5-6-17(16(23)24-4)7-9-21(10-8-17)14-12(2)13(3)20-22-11-18-19-15(14)22/h11H,5-10H2,1-4H3. The number of carbonyl (C=O) groups excluding carboxylic acids is 1. The predicted molar refractivity (Wildman–Crippen MR) is 91.1 cm³/mol. The summed E-state index contributed by atoms with van der Waals surface area (Å²) in [7, 11) is 1.49. The summed E-state index contributed by atoms with van der Waals surface area (Å²) in [6, 6.07) is 0. The largest absolute Gasteiger partial charge is 0.469 e. The number of hydrogen-bond donors (Lipinski definition) is 0. The van der Waals surface area contributed by atoms with Crippen LogP contribution in [-0.2, 0) is 9.53 Å². The second-order valence-corrected chi connectivity index (χ2v) is 6.67. The minimum atomic E-state index is -0.347. The molecule has 0 N–H and O–H groups in total. The fourth-order valence-electron chi connectivity index (χ4n) is 3.82. The molecule has 7 nitrogen and oxygen atoms in total. The first kappa shape index (κ1) is 16.7. The zero-order valence-electron chi connectivity index (χ0n) is 14.9. The van der Waals surface area contributed by atoms with Crippen LogP contribution in [0.5, 0.6) is 0 Å². The number of rotatable bonds is 4. The van der Waals surface area contributed by atoms with Gasteiger partial charge < -0.3 is 9.64 Å². The Balaban J connectivity index is 1.91. The normalized spacial score (nSPS) is 17.2. The third kappa shape index (κ3) is 2.61. The highest BCUT2D eigenvalue weighted by Gasteiger charge is 2.42. The summed E-state index contributed by atoms with van der Waals surface area (Å²) >= 11 is 0. The summed E-state index contributed by atoms with van der Waals surface area (Å²) in [5, 5.41) is 12.7.